The molecule has 6 rings (SSSR count). The summed E-state index contributed by atoms with van der Waals surface area (Å²) in [7, 11) is 2.71. The van der Waals surface area contributed by atoms with Gasteiger partial charge in [-0.05, 0) is 85.8 Å². The molecule has 2 aromatic carbocycles. The smallest absolute Gasteiger partial charge is 0.407 e. The molecule has 0 bridgehead atoms. The van der Waals surface area contributed by atoms with Gasteiger partial charge in [-0.3, -0.25) is 14.5 Å². The van der Waals surface area contributed by atoms with Gasteiger partial charge in [-0.15, -0.1) is 0 Å². The van der Waals surface area contributed by atoms with Gasteiger partial charge >= 0.3 is 12.2 Å². The topological polar surface area (TPSA) is 177 Å². The summed E-state index contributed by atoms with van der Waals surface area (Å²) in [4.78, 5) is 71.7. The summed E-state index contributed by atoms with van der Waals surface area (Å²) < 4.78 is 4.74. The Morgan fingerprint density at radius 1 is 0.833 bits per heavy atom. The van der Waals surface area contributed by atoms with E-state index in [1.165, 1.54) is 14.2 Å². The predicted octanol–water partition coefficient (Wildman–Crippen LogP) is 5.18. The van der Waals surface area contributed by atoms with Gasteiger partial charge in [0.05, 0.1) is 41.3 Å². The van der Waals surface area contributed by atoms with E-state index in [2.05, 4.69) is 39.0 Å². The van der Waals surface area contributed by atoms with Crippen LogP contribution in [0.1, 0.15) is 88.2 Å². The second-order valence-corrected chi connectivity index (χ2v) is 14.5. The lowest BCUT2D eigenvalue weighted by atomic mass is 10.0. The Labute approximate surface area is 314 Å². The van der Waals surface area contributed by atoms with Gasteiger partial charge in [0.15, 0.2) is 0 Å². The van der Waals surface area contributed by atoms with Crippen molar-refractivity contribution in [3.8, 4) is 23.7 Å². The molecule has 2 aliphatic rings. The molecule has 2 aromatic heterocycles. The van der Waals surface area contributed by atoms with E-state index in [0.29, 0.717) is 30.3 Å². The molecular weight excluding hydrogens is 688 g/mol. The first-order chi connectivity index (χ1) is 25.9. The van der Waals surface area contributed by atoms with Gasteiger partial charge in [-0.2, -0.15) is 0 Å². The zero-order valence-corrected chi connectivity index (χ0v) is 31.4. The van der Waals surface area contributed by atoms with E-state index in [1.54, 1.807) is 9.80 Å². The van der Waals surface area contributed by atoms with E-state index < -0.39 is 24.3 Å². The Morgan fingerprint density at radius 3 is 1.78 bits per heavy atom. The molecule has 0 unspecified atom stereocenters. The van der Waals surface area contributed by atoms with Crippen LogP contribution in [-0.2, 0) is 14.3 Å². The number of rotatable bonds is 8. The van der Waals surface area contributed by atoms with Crippen LogP contribution < -0.4 is 5.32 Å². The predicted molar refractivity (Wildman–Crippen MR) is 202 cm³/mol. The third-order valence-corrected chi connectivity index (χ3v) is 10.2. The van der Waals surface area contributed by atoms with Gasteiger partial charge in [-0.1, -0.05) is 39.5 Å². The van der Waals surface area contributed by atoms with Crippen molar-refractivity contribution in [2.24, 2.45) is 11.8 Å². The number of likely N-dealkylation sites (N-methyl/N-ethyl adjacent to an activating group) is 1. The fourth-order valence-electron chi connectivity index (χ4n) is 7.42. The molecule has 4 heterocycles. The van der Waals surface area contributed by atoms with Gasteiger partial charge in [-0.25, -0.2) is 19.6 Å². The van der Waals surface area contributed by atoms with Crippen LogP contribution in [-0.4, -0.2) is 103 Å². The van der Waals surface area contributed by atoms with Crippen molar-refractivity contribution in [3.05, 3.63) is 59.2 Å². The highest BCUT2D eigenvalue weighted by molar-refractivity contribution is 5.87. The van der Waals surface area contributed by atoms with Gasteiger partial charge < -0.3 is 34.9 Å². The first-order valence-electron chi connectivity index (χ1n) is 18.3. The van der Waals surface area contributed by atoms with Crippen LogP contribution in [0.5, 0.6) is 0 Å². The third-order valence-electron chi connectivity index (χ3n) is 10.2. The number of ether oxygens (including phenoxy) is 1. The Balaban J connectivity index is 1.14. The highest BCUT2D eigenvalue weighted by Crippen LogP contribution is 2.34. The monoisotopic (exact) mass is 734 g/mol. The number of hydrogen-bond donors (Lipinski definition) is 4. The molecule has 0 spiro atoms. The lowest BCUT2D eigenvalue weighted by molar-refractivity contribution is -0.138. The standard InChI is InChI=1S/C40H46N8O6/c1-23(2)33(45-39(51)54-6)37(49)47-19-9-13-31(47)35-41-27-17-15-25(21-29(27)43-35)11-7-8-12-26-16-18-28-30(22-26)44-36(42-28)32-14-10-20-48(32)38(50)34(24(3)4)46(5)40(52)53/h15-18,21-24,31-34H,9-10,13-14,19-20H2,1-6H3,(H,41,43)(H,42,44)(H,45,51)(H,52,53)/t31-,32-,33-,34-/m0/s1. The number of methoxy groups -OCH3 is 1. The van der Waals surface area contributed by atoms with Crippen molar-refractivity contribution in [1.82, 2.24) is 40.0 Å². The Bertz CT molecular complexity index is 2200. The molecule has 14 nitrogen and oxygen atoms in total. The molecule has 282 valence electrons. The number of aromatic amines is 2. The summed E-state index contributed by atoms with van der Waals surface area (Å²) >= 11 is 0. The maximum Gasteiger partial charge on any atom is 0.407 e. The highest BCUT2D eigenvalue weighted by Gasteiger charge is 2.40. The summed E-state index contributed by atoms with van der Waals surface area (Å²) in [5.74, 6) is 12.7. The number of H-pyrrole nitrogens is 2. The molecule has 4 amide bonds. The fraction of sp³-hybridized carbons (Fsp3) is 0.450. The van der Waals surface area contributed by atoms with Crippen LogP contribution in [0, 0.1) is 35.5 Å². The minimum atomic E-state index is -1.14. The van der Waals surface area contributed by atoms with E-state index in [9.17, 15) is 24.3 Å². The molecule has 2 fully saturated rings. The molecule has 4 N–H and O–H groups in total. The largest absolute Gasteiger partial charge is 0.465 e. The Kier molecular flexibility index (Phi) is 11.1. The molecule has 0 saturated carbocycles. The molecule has 0 radical (unpaired) electrons. The van der Waals surface area contributed by atoms with Crippen LogP contribution in [0.4, 0.5) is 9.59 Å². The quantitative estimate of drug-likeness (QED) is 0.179. The number of likely N-dealkylation sites (tertiary alicyclic amines) is 2. The van der Waals surface area contributed by atoms with Crippen molar-refractivity contribution in [2.45, 2.75) is 77.5 Å². The van der Waals surface area contributed by atoms with Gasteiger partial charge in [0.2, 0.25) is 11.8 Å². The second kappa shape index (κ2) is 15.9. The number of alkyl carbamates (subject to hydrolysis) is 1. The molecule has 2 saturated heterocycles. The average molecular weight is 735 g/mol. The fourth-order valence-corrected chi connectivity index (χ4v) is 7.42. The SMILES string of the molecule is COC(=O)N[C@H](C(=O)N1CCC[C@H]1c1nc2cc(C#CC#Cc3ccc4[nH]c([C@@H]5CCCN5C(=O)[C@H](C(C)C)N(C)C(=O)O)nc4c3)ccc2[nH]1)C(C)C. The maximum absolute atomic E-state index is 13.6. The summed E-state index contributed by atoms with van der Waals surface area (Å²) in [6.07, 6.45) is 1.34. The zero-order chi connectivity index (χ0) is 38.7. The average Bonchev–Trinajstić information content (AvgIpc) is 3.96. The molecular formula is C40H46N8O6. The van der Waals surface area contributed by atoms with E-state index in [0.717, 1.165) is 58.3 Å². The van der Waals surface area contributed by atoms with E-state index in [-0.39, 0.29) is 35.7 Å². The number of nitrogens with one attached hydrogen (secondary N) is 3. The minimum Gasteiger partial charge on any atom is -0.465 e. The van der Waals surface area contributed by atoms with Crippen LogP contribution in [0.25, 0.3) is 22.1 Å². The number of nitrogens with zero attached hydrogens (tertiary/aromatic N) is 5. The van der Waals surface area contributed by atoms with Crippen molar-refractivity contribution in [2.75, 3.05) is 27.2 Å². The van der Waals surface area contributed by atoms with Crippen LogP contribution in [0.15, 0.2) is 36.4 Å². The summed E-state index contributed by atoms with van der Waals surface area (Å²) in [5.41, 5.74) is 4.58. The third kappa shape index (κ3) is 7.83. The Morgan fingerprint density at radius 2 is 1.33 bits per heavy atom. The summed E-state index contributed by atoms with van der Waals surface area (Å²) in [6, 6.07) is 9.36. The Hall–Kier alpha value is -6.02. The van der Waals surface area contributed by atoms with Gasteiger partial charge in [0, 0.05) is 31.3 Å². The zero-order valence-electron chi connectivity index (χ0n) is 31.4. The molecule has 4 atom stereocenters. The number of hydrogen-bond acceptors (Lipinski definition) is 7. The van der Waals surface area contributed by atoms with E-state index in [1.807, 2.05) is 64.1 Å². The lowest BCUT2D eigenvalue weighted by Gasteiger charge is -2.33. The first-order valence-corrected chi connectivity index (χ1v) is 18.3. The number of benzene rings is 2. The lowest BCUT2D eigenvalue weighted by Crippen LogP contribution is -2.51. The van der Waals surface area contributed by atoms with Crippen molar-refractivity contribution in [3.63, 3.8) is 0 Å². The normalized spacial score (nSPS) is 17.9. The molecule has 2 aliphatic heterocycles. The van der Waals surface area contributed by atoms with Crippen LogP contribution >= 0.6 is 0 Å². The first kappa shape index (κ1) is 37.7. The number of fused-ring (bicyclic) bond motifs is 2. The number of aromatic nitrogens is 4. The molecule has 4 aromatic rings. The number of carbonyl (C=O) groups excluding carboxylic acids is 3. The van der Waals surface area contributed by atoms with Crippen molar-refractivity contribution >= 4 is 46.1 Å². The molecule has 54 heavy (non-hydrogen) atoms. The van der Waals surface area contributed by atoms with E-state index in [4.69, 9.17) is 14.7 Å². The molecule has 0 aliphatic carbocycles. The van der Waals surface area contributed by atoms with Crippen molar-refractivity contribution < 1.29 is 29.0 Å². The van der Waals surface area contributed by atoms with Gasteiger partial charge in [0.1, 0.15) is 23.7 Å². The highest BCUT2D eigenvalue weighted by atomic mass is 16.5. The maximum atomic E-state index is 13.6. The number of imidazole rings is 2. The number of carbonyl (C=O) groups is 4. The number of carboxylic acid groups (broad SMARTS) is 1. The summed E-state index contributed by atoms with van der Waals surface area (Å²) in [6.45, 7) is 8.58. The van der Waals surface area contributed by atoms with E-state index >= 15 is 0 Å². The second-order valence-electron chi connectivity index (χ2n) is 14.5. The van der Waals surface area contributed by atoms with Crippen molar-refractivity contribution in [1.29, 1.82) is 0 Å². The summed E-state index contributed by atoms with van der Waals surface area (Å²) in [5, 5.41) is 12.2. The van der Waals surface area contributed by atoms with Gasteiger partial charge in [0.25, 0.3) is 0 Å². The molecule has 14 heteroatoms. The van der Waals surface area contributed by atoms with Crippen LogP contribution in [0.2, 0.25) is 0 Å². The van der Waals surface area contributed by atoms with Crippen LogP contribution in [0.3, 0.4) is 0 Å². The number of amides is 4. The minimum absolute atomic E-state index is 0.120.